The molecule has 3 nitrogen and oxygen atoms in total. The van der Waals surface area contributed by atoms with E-state index in [-0.39, 0.29) is 5.56 Å². The summed E-state index contributed by atoms with van der Waals surface area (Å²) in [4.78, 5) is 21.0. The van der Waals surface area contributed by atoms with Gasteiger partial charge in [0.05, 0.1) is 5.39 Å². The maximum absolute atomic E-state index is 13.7. The third-order valence-corrected chi connectivity index (χ3v) is 8.72. The smallest absolute Gasteiger partial charge is 0.263 e. The summed E-state index contributed by atoms with van der Waals surface area (Å²) >= 11 is 3.48. The van der Waals surface area contributed by atoms with Crippen molar-refractivity contribution in [2.75, 3.05) is 5.75 Å². The lowest BCUT2D eigenvalue weighted by atomic mass is 9.89. The quantitative estimate of drug-likeness (QED) is 0.356. The molecule has 0 aliphatic heterocycles. The minimum absolute atomic E-state index is 0.205. The molecule has 0 bridgehead atoms. The zero-order valence-corrected chi connectivity index (χ0v) is 18.7. The maximum atomic E-state index is 13.7. The number of fused-ring (bicyclic) bond motifs is 5. The Balaban J connectivity index is 1.65. The van der Waals surface area contributed by atoms with Crippen LogP contribution in [0, 0.1) is 5.92 Å². The molecular weight excluding hydrogens is 396 g/mol. The van der Waals surface area contributed by atoms with E-state index in [0.29, 0.717) is 5.92 Å². The average Bonchev–Trinajstić information content (AvgIpc) is 3.14. The van der Waals surface area contributed by atoms with Gasteiger partial charge in [0, 0.05) is 17.2 Å². The number of hydrogen-bond donors (Lipinski definition) is 0. The van der Waals surface area contributed by atoms with E-state index < -0.39 is 0 Å². The van der Waals surface area contributed by atoms with E-state index in [4.69, 9.17) is 4.98 Å². The molecule has 0 amide bonds. The molecule has 2 aliphatic carbocycles. The van der Waals surface area contributed by atoms with Gasteiger partial charge in [-0.15, -0.1) is 11.3 Å². The van der Waals surface area contributed by atoms with Crippen LogP contribution in [0.25, 0.3) is 20.7 Å². The second-order valence-electron chi connectivity index (χ2n) is 8.41. The molecule has 0 N–H and O–H groups in total. The van der Waals surface area contributed by atoms with Crippen LogP contribution in [-0.4, -0.2) is 15.3 Å². The molecule has 0 saturated heterocycles. The molecule has 1 fully saturated rings. The Bertz CT molecular complexity index is 1090. The van der Waals surface area contributed by atoms with Crippen molar-refractivity contribution in [3.63, 3.8) is 0 Å². The average molecular weight is 425 g/mol. The largest absolute Gasteiger partial charge is 0.287 e. The summed E-state index contributed by atoms with van der Waals surface area (Å²) in [5.41, 5.74) is 4.15. The van der Waals surface area contributed by atoms with Gasteiger partial charge in [-0.1, -0.05) is 62.2 Å². The Kier molecular flexibility index (Phi) is 5.53. The molecule has 29 heavy (non-hydrogen) atoms. The van der Waals surface area contributed by atoms with Gasteiger partial charge in [-0.25, -0.2) is 4.98 Å². The molecule has 0 atom stereocenters. The Morgan fingerprint density at radius 1 is 1.17 bits per heavy atom. The van der Waals surface area contributed by atoms with E-state index in [1.54, 1.807) is 23.1 Å². The summed E-state index contributed by atoms with van der Waals surface area (Å²) in [6, 6.07) is 8.65. The molecule has 2 heterocycles. The lowest BCUT2D eigenvalue weighted by Gasteiger charge is -2.23. The monoisotopic (exact) mass is 424 g/mol. The van der Waals surface area contributed by atoms with Crippen molar-refractivity contribution < 1.29 is 0 Å². The predicted molar refractivity (Wildman–Crippen MR) is 124 cm³/mol. The van der Waals surface area contributed by atoms with E-state index in [9.17, 15) is 4.79 Å². The van der Waals surface area contributed by atoms with E-state index >= 15 is 0 Å². The van der Waals surface area contributed by atoms with Crippen molar-refractivity contribution in [2.24, 2.45) is 5.92 Å². The lowest BCUT2D eigenvalue weighted by Crippen LogP contribution is -2.28. The minimum atomic E-state index is 0.205. The van der Waals surface area contributed by atoms with Crippen LogP contribution in [0.3, 0.4) is 0 Å². The molecule has 3 aromatic rings. The van der Waals surface area contributed by atoms with E-state index in [2.05, 4.69) is 31.2 Å². The normalized spacial score (nSPS) is 16.7. The van der Waals surface area contributed by atoms with E-state index in [1.807, 2.05) is 4.57 Å². The third-order valence-electron chi connectivity index (χ3n) is 6.38. The number of hydrogen-bond acceptors (Lipinski definition) is 4. The number of aromatic nitrogens is 2. The van der Waals surface area contributed by atoms with Crippen molar-refractivity contribution >= 4 is 33.3 Å². The van der Waals surface area contributed by atoms with Gasteiger partial charge >= 0.3 is 0 Å². The highest BCUT2D eigenvalue weighted by molar-refractivity contribution is 7.99. The number of thioether (sulfide) groups is 1. The van der Waals surface area contributed by atoms with Gasteiger partial charge in [0.25, 0.3) is 5.56 Å². The topological polar surface area (TPSA) is 34.9 Å². The Morgan fingerprint density at radius 2 is 2.00 bits per heavy atom. The Morgan fingerprint density at radius 3 is 2.83 bits per heavy atom. The first-order valence-electron chi connectivity index (χ1n) is 11.0. The highest BCUT2D eigenvalue weighted by Crippen LogP contribution is 2.42. The number of benzene rings is 1. The van der Waals surface area contributed by atoms with Gasteiger partial charge in [-0.3, -0.25) is 9.36 Å². The zero-order valence-electron chi connectivity index (χ0n) is 17.1. The van der Waals surface area contributed by atoms with Crippen LogP contribution in [0.1, 0.15) is 56.6 Å². The fraction of sp³-hybridized carbons (Fsp3) is 0.500. The van der Waals surface area contributed by atoms with Gasteiger partial charge in [-0.2, -0.15) is 0 Å². The first kappa shape index (κ1) is 19.4. The van der Waals surface area contributed by atoms with Crippen LogP contribution in [0.4, 0.5) is 0 Å². The number of thiophene rings is 1. The van der Waals surface area contributed by atoms with Gasteiger partial charge in [0.15, 0.2) is 5.16 Å². The van der Waals surface area contributed by atoms with Crippen molar-refractivity contribution in [2.45, 2.75) is 70.0 Å². The molecule has 5 heteroatoms. The van der Waals surface area contributed by atoms with Crippen molar-refractivity contribution in [3.8, 4) is 10.4 Å². The van der Waals surface area contributed by atoms with Crippen LogP contribution >= 0.6 is 23.1 Å². The van der Waals surface area contributed by atoms with Crippen molar-refractivity contribution in [1.82, 2.24) is 9.55 Å². The van der Waals surface area contributed by atoms with Crippen LogP contribution in [0.5, 0.6) is 0 Å². The van der Waals surface area contributed by atoms with Crippen LogP contribution in [-0.2, 0) is 19.4 Å². The summed E-state index contributed by atoms with van der Waals surface area (Å²) in [7, 11) is 0. The standard InChI is InChI=1S/C24H28N2OS2/c1-2-14-28-24-25-22-20(23(27)26(24)15-16-8-4-3-5-9-16)19-13-12-17-10-6-7-11-18(17)21(19)29-22/h6-7,10-11,16H,2-5,8-9,12-15H2,1H3. The van der Waals surface area contributed by atoms with Crippen LogP contribution in [0.15, 0.2) is 34.2 Å². The molecule has 0 spiro atoms. The second-order valence-corrected chi connectivity index (χ2v) is 10.5. The lowest BCUT2D eigenvalue weighted by molar-refractivity contribution is 0.306. The molecule has 5 rings (SSSR count). The van der Waals surface area contributed by atoms with Crippen molar-refractivity contribution in [1.29, 1.82) is 0 Å². The van der Waals surface area contributed by atoms with Crippen LogP contribution < -0.4 is 5.56 Å². The van der Waals surface area contributed by atoms with Gasteiger partial charge in [0.1, 0.15) is 4.83 Å². The molecule has 2 aliphatic rings. The number of rotatable bonds is 5. The molecular formula is C24H28N2OS2. The number of nitrogens with zero attached hydrogens (tertiary/aromatic N) is 2. The summed E-state index contributed by atoms with van der Waals surface area (Å²) in [5.74, 6) is 1.63. The van der Waals surface area contributed by atoms with E-state index in [0.717, 1.165) is 46.9 Å². The fourth-order valence-corrected chi connectivity index (χ4v) is 7.08. The van der Waals surface area contributed by atoms with Gasteiger partial charge in [-0.05, 0) is 54.7 Å². The Labute approximate surface area is 180 Å². The summed E-state index contributed by atoms with van der Waals surface area (Å²) in [5, 5.41) is 1.83. The third kappa shape index (κ3) is 3.57. The second kappa shape index (κ2) is 8.27. The minimum Gasteiger partial charge on any atom is -0.287 e. The number of aryl methyl sites for hydroxylation is 2. The van der Waals surface area contributed by atoms with Gasteiger partial charge < -0.3 is 0 Å². The summed E-state index contributed by atoms with van der Waals surface area (Å²) < 4.78 is 2.03. The molecule has 1 aromatic carbocycles. The van der Waals surface area contributed by atoms with E-state index in [1.165, 1.54) is 53.7 Å². The first-order chi connectivity index (χ1) is 14.3. The molecule has 0 radical (unpaired) electrons. The Hall–Kier alpha value is -1.59. The predicted octanol–water partition coefficient (Wildman–Crippen LogP) is 6.31. The molecule has 0 unspecified atom stereocenters. The highest BCUT2D eigenvalue weighted by atomic mass is 32.2. The summed E-state index contributed by atoms with van der Waals surface area (Å²) in [6.07, 6.45) is 9.51. The summed E-state index contributed by atoms with van der Waals surface area (Å²) in [6.45, 7) is 3.03. The fourth-order valence-electron chi connectivity index (χ4n) is 4.89. The maximum Gasteiger partial charge on any atom is 0.263 e. The van der Waals surface area contributed by atoms with Crippen LogP contribution in [0.2, 0.25) is 0 Å². The molecule has 152 valence electrons. The van der Waals surface area contributed by atoms with Crippen molar-refractivity contribution in [3.05, 3.63) is 45.7 Å². The molecule has 1 saturated carbocycles. The first-order valence-corrected chi connectivity index (χ1v) is 12.8. The van der Waals surface area contributed by atoms with Gasteiger partial charge in [0.2, 0.25) is 0 Å². The highest BCUT2D eigenvalue weighted by Gasteiger charge is 2.26. The zero-order chi connectivity index (χ0) is 19.8. The SMILES string of the molecule is CCCSc1nc2sc3c(c2c(=O)n1CC1CCCCC1)CCc1ccccc1-3. The molecule has 2 aromatic heterocycles.